The van der Waals surface area contributed by atoms with E-state index in [0.717, 1.165) is 37.1 Å². The van der Waals surface area contributed by atoms with Crippen molar-refractivity contribution in [2.24, 2.45) is 0 Å². The third kappa shape index (κ3) is 3.25. The molecule has 128 valence electrons. The van der Waals surface area contributed by atoms with Gasteiger partial charge in [-0.25, -0.2) is 13.1 Å². The van der Waals surface area contributed by atoms with Crippen LogP contribution in [0.15, 0.2) is 17.0 Å². The molecule has 2 heterocycles. The molecule has 0 aliphatic carbocycles. The lowest BCUT2D eigenvalue weighted by molar-refractivity contribution is 0.186. The van der Waals surface area contributed by atoms with Crippen LogP contribution < -0.4 is 9.46 Å². The van der Waals surface area contributed by atoms with Crippen molar-refractivity contribution in [3.8, 4) is 5.75 Å². The van der Waals surface area contributed by atoms with E-state index >= 15 is 0 Å². The fourth-order valence-corrected chi connectivity index (χ4v) is 5.85. The van der Waals surface area contributed by atoms with Crippen molar-refractivity contribution < 1.29 is 13.2 Å². The highest BCUT2D eigenvalue weighted by molar-refractivity contribution is 7.89. The number of methoxy groups -OCH3 is 1. The highest BCUT2D eigenvalue weighted by atomic mass is 32.2. The molecule has 0 bridgehead atoms. The number of ether oxygens (including phenoxy) is 1. The molecule has 2 atom stereocenters. The van der Waals surface area contributed by atoms with E-state index in [1.807, 2.05) is 13.8 Å². The number of hydrogen-bond donors (Lipinski definition) is 1. The topological polar surface area (TPSA) is 58.6 Å². The normalized spacial score (nSPS) is 25.3. The molecule has 2 fully saturated rings. The van der Waals surface area contributed by atoms with Gasteiger partial charge in [-0.1, -0.05) is 6.42 Å². The Balaban J connectivity index is 1.85. The lowest BCUT2D eigenvalue weighted by atomic mass is 10.00. The summed E-state index contributed by atoms with van der Waals surface area (Å²) in [5.41, 5.74) is 1.46. The average Bonchev–Trinajstić information content (AvgIpc) is 2.89. The minimum Gasteiger partial charge on any atom is -0.497 e. The molecular formula is C17H26N2O3S. The van der Waals surface area contributed by atoms with Crippen molar-refractivity contribution in [3.05, 3.63) is 23.3 Å². The Morgan fingerprint density at radius 3 is 2.48 bits per heavy atom. The van der Waals surface area contributed by atoms with Gasteiger partial charge in [0.15, 0.2) is 0 Å². The summed E-state index contributed by atoms with van der Waals surface area (Å²) in [6.45, 7) is 5.75. The molecule has 1 N–H and O–H groups in total. The van der Waals surface area contributed by atoms with Crippen LogP contribution in [0.5, 0.6) is 5.75 Å². The van der Waals surface area contributed by atoms with Gasteiger partial charge in [0.05, 0.1) is 12.0 Å². The molecular weight excluding hydrogens is 312 g/mol. The predicted molar refractivity (Wildman–Crippen MR) is 90.4 cm³/mol. The Morgan fingerprint density at radius 2 is 1.83 bits per heavy atom. The summed E-state index contributed by atoms with van der Waals surface area (Å²) in [6, 6.07) is 3.95. The van der Waals surface area contributed by atoms with Gasteiger partial charge >= 0.3 is 0 Å². The molecule has 2 saturated heterocycles. The monoisotopic (exact) mass is 338 g/mol. The summed E-state index contributed by atoms with van der Waals surface area (Å²) in [5.74, 6) is 0.693. The minimum absolute atomic E-state index is 0.0289. The van der Waals surface area contributed by atoms with Crippen LogP contribution in [0.3, 0.4) is 0 Å². The molecule has 0 unspecified atom stereocenters. The summed E-state index contributed by atoms with van der Waals surface area (Å²) in [7, 11) is -1.92. The van der Waals surface area contributed by atoms with Crippen LogP contribution in [0, 0.1) is 13.8 Å². The number of nitrogens with zero attached hydrogens (tertiary/aromatic N) is 1. The van der Waals surface area contributed by atoms with Crippen LogP contribution in [0.1, 0.15) is 36.8 Å². The third-order valence-electron chi connectivity index (χ3n) is 5.10. The Hall–Kier alpha value is -1.11. The number of fused-ring (bicyclic) bond motifs is 1. The fraction of sp³-hybridized carbons (Fsp3) is 0.647. The zero-order chi connectivity index (χ0) is 16.6. The highest BCUT2D eigenvalue weighted by Crippen LogP contribution is 2.30. The first-order valence-electron chi connectivity index (χ1n) is 8.34. The van der Waals surface area contributed by atoms with Crippen molar-refractivity contribution in [3.63, 3.8) is 0 Å². The number of aryl methyl sites for hydroxylation is 2. The van der Waals surface area contributed by atoms with Gasteiger partial charge in [-0.3, -0.25) is 4.90 Å². The molecule has 2 aliphatic rings. The maximum atomic E-state index is 12.9. The lowest BCUT2D eigenvalue weighted by Gasteiger charge is -2.32. The SMILES string of the molecule is COc1cc(C)c(S(=O)(=O)N[C@@H]2CCN3CCCC[C@H]23)c(C)c1. The second kappa shape index (κ2) is 6.42. The highest BCUT2D eigenvalue weighted by Gasteiger charge is 2.38. The predicted octanol–water partition coefficient (Wildman–Crippen LogP) is 2.22. The van der Waals surface area contributed by atoms with Crippen molar-refractivity contribution in [1.82, 2.24) is 9.62 Å². The molecule has 23 heavy (non-hydrogen) atoms. The number of rotatable bonds is 4. The van der Waals surface area contributed by atoms with Crippen LogP contribution in [0.25, 0.3) is 0 Å². The van der Waals surface area contributed by atoms with E-state index in [1.165, 1.54) is 12.8 Å². The molecule has 2 aliphatic heterocycles. The van der Waals surface area contributed by atoms with Gasteiger partial charge in [-0.05, 0) is 62.9 Å². The molecule has 0 spiro atoms. The molecule has 0 amide bonds. The molecule has 0 radical (unpaired) electrons. The summed E-state index contributed by atoms with van der Waals surface area (Å²) in [4.78, 5) is 2.83. The van der Waals surface area contributed by atoms with E-state index in [-0.39, 0.29) is 6.04 Å². The van der Waals surface area contributed by atoms with Crippen LogP contribution in [-0.2, 0) is 10.0 Å². The smallest absolute Gasteiger partial charge is 0.241 e. The maximum absolute atomic E-state index is 12.9. The quantitative estimate of drug-likeness (QED) is 0.914. The number of hydrogen-bond acceptors (Lipinski definition) is 4. The summed E-state index contributed by atoms with van der Waals surface area (Å²) in [5, 5.41) is 0. The van der Waals surface area contributed by atoms with Gasteiger partial charge in [0.25, 0.3) is 0 Å². The Labute approximate surface area is 139 Å². The van der Waals surface area contributed by atoms with E-state index in [4.69, 9.17) is 4.74 Å². The Morgan fingerprint density at radius 1 is 1.13 bits per heavy atom. The number of nitrogens with one attached hydrogen (secondary N) is 1. The standard InChI is InChI=1S/C17H26N2O3S/c1-12-10-14(22-3)11-13(2)17(12)23(20,21)18-15-7-9-19-8-5-4-6-16(15)19/h10-11,15-16,18H,4-9H2,1-3H3/t15-,16-/m1/s1. The summed E-state index contributed by atoms with van der Waals surface area (Å²) < 4.78 is 34.1. The second-order valence-corrected chi connectivity index (χ2v) is 8.36. The van der Waals surface area contributed by atoms with Crippen molar-refractivity contribution >= 4 is 10.0 Å². The van der Waals surface area contributed by atoms with Crippen molar-refractivity contribution in [1.29, 1.82) is 0 Å². The average molecular weight is 338 g/mol. The van der Waals surface area contributed by atoms with Crippen LogP contribution in [0.2, 0.25) is 0 Å². The Bertz CT molecular complexity index is 664. The fourth-order valence-electron chi connectivity index (χ4n) is 4.10. The van der Waals surface area contributed by atoms with E-state index in [2.05, 4.69) is 9.62 Å². The van der Waals surface area contributed by atoms with E-state index in [9.17, 15) is 8.42 Å². The molecule has 0 saturated carbocycles. The Kier molecular flexibility index (Phi) is 4.67. The van der Waals surface area contributed by atoms with Gasteiger partial charge in [-0.2, -0.15) is 0 Å². The molecule has 1 aromatic carbocycles. The molecule has 5 nitrogen and oxygen atoms in total. The van der Waals surface area contributed by atoms with Gasteiger partial charge < -0.3 is 4.74 Å². The van der Waals surface area contributed by atoms with E-state index < -0.39 is 10.0 Å². The number of piperidine rings is 1. The third-order valence-corrected chi connectivity index (χ3v) is 6.90. The summed E-state index contributed by atoms with van der Waals surface area (Å²) >= 11 is 0. The van der Waals surface area contributed by atoms with Gasteiger partial charge in [0, 0.05) is 18.6 Å². The molecule has 3 rings (SSSR count). The summed E-state index contributed by atoms with van der Waals surface area (Å²) in [6.07, 6.45) is 4.42. The zero-order valence-corrected chi connectivity index (χ0v) is 14.9. The zero-order valence-electron chi connectivity index (χ0n) is 14.1. The minimum atomic E-state index is -3.51. The van der Waals surface area contributed by atoms with Gasteiger partial charge in [0.2, 0.25) is 10.0 Å². The van der Waals surface area contributed by atoms with E-state index in [0.29, 0.717) is 16.7 Å². The first-order chi connectivity index (χ1) is 10.9. The van der Waals surface area contributed by atoms with Crippen molar-refractivity contribution in [2.75, 3.05) is 20.2 Å². The van der Waals surface area contributed by atoms with Gasteiger partial charge in [0.1, 0.15) is 5.75 Å². The maximum Gasteiger partial charge on any atom is 0.241 e. The van der Waals surface area contributed by atoms with Crippen molar-refractivity contribution in [2.45, 2.75) is 56.5 Å². The first kappa shape index (κ1) is 16.7. The first-order valence-corrected chi connectivity index (χ1v) is 9.82. The van der Waals surface area contributed by atoms with Gasteiger partial charge in [-0.15, -0.1) is 0 Å². The molecule has 6 heteroatoms. The number of sulfonamides is 1. The largest absolute Gasteiger partial charge is 0.497 e. The molecule has 0 aromatic heterocycles. The van der Waals surface area contributed by atoms with Crippen LogP contribution in [0.4, 0.5) is 0 Å². The second-order valence-electron chi connectivity index (χ2n) is 6.71. The van der Waals surface area contributed by atoms with E-state index in [1.54, 1.807) is 19.2 Å². The van der Waals surface area contributed by atoms with Crippen LogP contribution in [-0.4, -0.2) is 45.6 Å². The van der Waals surface area contributed by atoms with Crippen LogP contribution >= 0.6 is 0 Å². The lowest BCUT2D eigenvalue weighted by Crippen LogP contribution is -2.46. The number of benzene rings is 1. The molecule has 1 aromatic rings.